The number of hydrogen-bond donors (Lipinski definition) is 0. The van der Waals surface area contributed by atoms with Gasteiger partial charge in [-0.3, -0.25) is 0 Å². The molecule has 0 heterocycles. The zero-order chi connectivity index (χ0) is 30.8. The Kier molecular flexibility index (Phi) is 6.01. The van der Waals surface area contributed by atoms with Gasteiger partial charge in [0.2, 0.25) is 0 Å². The number of alkyl halides is 18. The smallest absolute Gasteiger partial charge is 0.166 e. The van der Waals surface area contributed by atoms with Crippen molar-refractivity contribution in [2.24, 2.45) is 0 Å². The Morgan fingerprint density at radius 1 is 0.250 bits per heavy atom. The van der Waals surface area contributed by atoms with Crippen molar-refractivity contribution in [3.63, 3.8) is 0 Å². The lowest BCUT2D eigenvalue weighted by Crippen LogP contribution is -2.19. The lowest BCUT2D eigenvalue weighted by atomic mass is 9.81. The molecule has 0 saturated carbocycles. The minimum absolute atomic E-state index is 0.754. The minimum atomic E-state index is -6.14. The maximum atomic E-state index is 13.9. The van der Waals surface area contributed by atoms with Gasteiger partial charge in [-0.1, -0.05) is 0 Å². The topological polar surface area (TPSA) is 0 Å². The molecule has 0 bridgehead atoms. The van der Waals surface area contributed by atoms with Gasteiger partial charge in [0.15, 0.2) is 0 Å². The van der Waals surface area contributed by atoms with E-state index in [0.29, 0.717) is 0 Å². The summed E-state index contributed by atoms with van der Waals surface area (Å²) in [6.45, 7) is 0. The monoisotopic (exact) mass is 610 g/mol. The molecule has 0 unspecified atom stereocenters. The highest BCUT2D eigenvalue weighted by Gasteiger charge is 2.49. The minimum Gasteiger partial charge on any atom is -0.166 e. The van der Waals surface area contributed by atoms with Crippen molar-refractivity contribution in [3.05, 3.63) is 57.6 Å². The predicted octanol–water partition coefficient (Wildman–Crippen LogP) is 10.7. The summed E-state index contributed by atoms with van der Waals surface area (Å²) < 4.78 is 249. The third-order valence-corrected chi connectivity index (χ3v) is 5.93. The first-order valence-corrected chi connectivity index (χ1v) is 9.96. The second kappa shape index (κ2) is 8.11. The maximum absolute atomic E-state index is 13.9. The summed E-state index contributed by atoms with van der Waals surface area (Å²) in [5, 5.41) is -13.3. The van der Waals surface area contributed by atoms with E-state index in [9.17, 15) is 79.0 Å². The summed E-state index contributed by atoms with van der Waals surface area (Å²) in [6.07, 6.45) is -36.6. The summed E-state index contributed by atoms with van der Waals surface area (Å²) >= 11 is 0. The third kappa shape index (κ3) is 4.57. The van der Waals surface area contributed by atoms with Gasteiger partial charge < -0.3 is 0 Å². The average Bonchev–Trinajstić information content (AvgIpc) is 2.71. The highest BCUT2D eigenvalue weighted by atomic mass is 19.4. The highest BCUT2D eigenvalue weighted by Crippen LogP contribution is 2.56. The van der Waals surface area contributed by atoms with Gasteiger partial charge in [-0.25, -0.2) is 0 Å². The van der Waals surface area contributed by atoms with Crippen LogP contribution in [0.25, 0.3) is 32.3 Å². The first-order valence-electron chi connectivity index (χ1n) is 9.96. The molecular formula is C22H4F18. The van der Waals surface area contributed by atoms with E-state index in [4.69, 9.17) is 0 Å². The van der Waals surface area contributed by atoms with Crippen LogP contribution in [0.2, 0.25) is 0 Å². The van der Waals surface area contributed by atoms with Gasteiger partial charge in [-0.05, 0) is 45.8 Å². The molecule has 0 amide bonds. The fraction of sp³-hybridized carbons (Fsp3) is 0.273. The molecule has 0 spiro atoms. The van der Waals surface area contributed by atoms with Gasteiger partial charge in [0, 0.05) is 10.8 Å². The van der Waals surface area contributed by atoms with Gasteiger partial charge in [0.05, 0.1) is 33.4 Å². The van der Waals surface area contributed by atoms with E-state index in [1.807, 2.05) is 0 Å². The van der Waals surface area contributed by atoms with Crippen LogP contribution >= 0.6 is 0 Å². The zero-order valence-corrected chi connectivity index (χ0v) is 18.1. The Bertz CT molecular complexity index is 1510. The van der Waals surface area contributed by atoms with Crippen molar-refractivity contribution in [2.45, 2.75) is 37.1 Å². The molecule has 4 aromatic carbocycles. The van der Waals surface area contributed by atoms with Gasteiger partial charge in [-0.15, -0.1) is 0 Å². The molecule has 40 heavy (non-hydrogen) atoms. The molecule has 0 aliphatic rings. The molecule has 0 aromatic heterocycles. The van der Waals surface area contributed by atoms with Crippen LogP contribution in [-0.4, -0.2) is 0 Å². The Hall–Kier alpha value is -3.34. The van der Waals surface area contributed by atoms with Crippen LogP contribution in [0.3, 0.4) is 0 Å². The molecule has 218 valence electrons. The second-order valence-corrected chi connectivity index (χ2v) is 8.37. The lowest BCUT2D eigenvalue weighted by molar-refractivity contribution is -0.145. The standard InChI is InChI=1S/C22H4F18/c23-17(24,25)7-3-12(22(38,39)40)16-10(20(32,33)34)2-6-8(18(26,27)28)4-11(21(35,36)37)15-9(19(29,30)31)1-5(7)13(16)14(6)15/h1-4H. The molecule has 0 atom stereocenters. The van der Waals surface area contributed by atoms with Crippen molar-refractivity contribution < 1.29 is 79.0 Å². The Morgan fingerprint density at radius 2 is 0.450 bits per heavy atom. The van der Waals surface area contributed by atoms with Gasteiger partial charge in [0.1, 0.15) is 0 Å². The van der Waals surface area contributed by atoms with Crippen molar-refractivity contribution in [3.8, 4) is 0 Å². The van der Waals surface area contributed by atoms with Crippen molar-refractivity contribution >= 4 is 32.3 Å². The van der Waals surface area contributed by atoms with Crippen LogP contribution in [0.15, 0.2) is 24.3 Å². The van der Waals surface area contributed by atoms with E-state index < -0.39 is 127 Å². The van der Waals surface area contributed by atoms with Crippen LogP contribution in [0.5, 0.6) is 0 Å². The SMILES string of the molecule is FC(F)(F)c1cc(C(F)(F)F)c2c(C(F)(F)F)cc3c(C(F)(F)F)cc(C(F)(F)F)c4c(C(F)(F)F)cc1c2c34. The normalized spacial score (nSPS) is 14.8. The molecule has 0 radical (unpaired) electrons. The van der Waals surface area contributed by atoms with Crippen molar-refractivity contribution in [1.29, 1.82) is 0 Å². The van der Waals surface area contributed by atoms with E-state index in [2.05, 4.69) is 0 Å². The van der Waals surface area contributed by atoms with Gasteiger partial charge in [-0.2, -0.15) is 79.0 Å². The zero-order valence-electron chi connectivity index (χ0n) is 18.1. The van der Waals surface area contributed by atoms with E-state index in [-0.39, 0.29) is 0 Å². The third-order valence-electron chi connectivity index (χ3n) is 5.93. The lowest BCUT2D eigenvalue weighted by Gasteiger charge is -2.27. The molecule has 0 aliphatic heterocycles. The fourth-order valence-corrected chi connectivity index (χ4v) is 4.57. The number of halogens is 18. The van der Waals surface area contributed by atoms with Crippen LogP contribution in [0, 0.1) is 0 Å². The predicted molar refractivity (Wildman–Crippen MR) is 100 cm³/mol. The summed E-state index contributed by atoms with van der Waals surface area (Å²) in [5.41, 5.74) is -16.3. The van der Waals surface area contributed by atoms with E-state index in [1.165, 1.54) is 0 Å². The fourth-order valence-electron chi connectivity index (χ4n) is 4.57. The quantitative estimate of drug-likeness (QED) is 0.137. The van der Waals surface area contributed by atoms with E-state index in [1.54, 1.807) is 0 Å². The molecule has 0 aliphatic carbocycles. The average molecular weight is 610 g/mol. The summed E-state index contributed by atoms with van der Waals surface area (Å²) in [5.74, 6) is 0. The molecule has 4 rings (SSSR count). The Balaban J connectivity index is 2.63. The molecular weight excluding hydrogens is 606 g/mol. The van der Waals surface area contributed by atoms with Gasteiger partial charge in [0.25, 0.3) is 0 Å². The van der Waals surface area contributed by atoms with E-state index >= 15 is 0 Å². The first-order chi connectivity index (χ1) is 17.7. The van der Waals surface area contributed by atoms with Crippen molar-refractivity contribution in [1.82, 2.24) is 0 Å². The van der Waals surface area contributed by atoms with Crippen LogP contribution < -0.4 is 0 Å². The summed E-state index contributed by atoms with van der Waals surface area (Å²) in [7, 11) is 0. The van der Waals surface area contributed by atoms with Crippen molar-refractivity contribution in [2.75, 3.05) is 0 Å². The Morgan fingerprint density at radius 3 is 0.650 bits per heavy atom. The van der Waals surface area contributed by atoms with Crippen LogP contribution in [0.4, 0.5) is 79.0 Å². The number of hydrogen-bond acceptors (Lipinski definition) is 0. The number of rotatable bonds is 0. The largest absolute Gasteiger partial charge is 0.417 e. The van der Waals surface area contributed by atoms with Crippen LogP contribution in [0.1, 0.15) is 33.4 Å². The summed E-state index contributed by atoms with van der Waals surface area (Å²) in [6, 6.07) is -3.47. The molecule has 0 fully saturated rings. The molecule has 0 N–H and O–H groups in total. The second-order valence-electron chi connectivity index (χ2n) is 8.37. The number of benzene rings is 4. The van der Waals surface area contributed by atoms with Gasteiger partial charge >= 0.3 is 37.1 Å². The van der Waals surface area contributed by atoms with E-state index in [0.717, 1.165) is 0 Å². The first kappa shape index (κ1) is 29.6. The molecule has 0 nitrogen and oxygen atoms in total. The Labute approximate surface area is 207 Å². The molecule has 0 saturated heterocycles. The summed E-state index contributed by atoms with van der Waals surface area (Å²) in [4.78, 5) is 0. The highest BCUT2D eigenvalue weighted by molar-refractivity contribution is 6.27. The maximum Gasteiger partial charge on any atom is 0.417 e. The van der Waals surface area contributed by atoms with Crippen LogP contribution in [-0.2, 0) is 37.1 Å². The molecule has 18 heteroatoms. The molecule has 4 aromatic rings.